The second kappa shape index (κ2) is 13.4. The molecule has 12 heteroatoms. The van der Waals surface area contributed by atoms with Gasteiger partial charge in [0.2, 0.25) is 0 Å². The van der Waals surface area contributed by atoms with Crippen LogP contribution in [0.5, 0.6) is 11.5 Å². The number of phosphoric acid groups is 1. The molecule has 0 amide bonds. The Labute approximate surface area is 234 Å². The summed E-state index contributed by atoms with van der Waals surface area (Å²) in [5.74, 6) is 0.000240. The van der Waals surface area contributed by atoms with Gasteiger partial charge in [0, 0.05) is 11.8 Å². The molecule has 2 aromatic carbocycles. The van der Waals surface area contributed by atoms with Crippen molar-refractivity contribution >= 4 is 18.7 Å². The van der Waals surface area contributed by atoms with Crippen molar-refractivity contribution in [3.63, 3.8) is 0 Å². The van der Waals surface area contributed by atoms with Crippen molar-refractivity contribution in [3.05, 3.63) is 58.6 Å². The molecule has 0 fully saturated rings. The van der Waals surface area contributed by atoms with Crippen LogP contribution in [0.2, 0.25) is 0 Å². The fraction of sp³-hybridized carbons (Fsp3) is 0.286. The van der Waals surface area contributed by atoms with Crippen LogP contribution in [0.25, 0.3) is 22.0 Å². The molecule has 0 bridgehead atoms. The van der Waals surface area contributed by atoms with Crippen LogP contribution in [-0.4, -0.2) is 22.7 Å². The Bertz CT molecular complexity index is 1180. The van der Waals surface area contributed by atoms with Gasteiger partial charge in [-0.15, -0.1) is 0 Å². The van der Waals surface area contributed by atoms with E-state index in [1.54, 1.807) is 24.3 Å². The number of phosphoric ester groups is 1. The molecular weight excluding hydrogens is 474 g/mol. The quantitative estimate of drug-likeness (QED) is 0.256. The van der Waals surface area contributed by atoms with Gasteiger partial charge in [0.15, 0.2) is 5.43 Å². The van der Waals surface area contributed by atoms with Gasteiger partial charge < -0.3 is 23.8 Å². The standard InChI is InChI=1S/C21H23FNO7P.2Na/c1-3-11-29-18-10-9-17(22)19-20(18)23(13-30-31(25,26)27)12-16(21(19)24)14-5-7-15(8-6-14)28-4-2;;/h5-10,12H,3-4,11,13H2,1-2H3,(H2,25,26,27);;/q;2*+1/p-1. The van der Waals surface area contributed by atoms with Crippen molar-refractivity contribution in [1.82, 2.24) is 4.57 Å². The summed E-state index contributed by atoms with van der Waals surface area (Å²) < 4.78 is 42.7. The van der Waals surface area contributed by atoms with Gasteiger partial charge in [0.25, 0.3) is 7.82 Å². The molecule has 0 saturated heterocycles. The molecule has 0 aliphatic rings. The average Bonchev–Trinajstić information content (AvgIpc) is 2.73. The summed E-state index contributed by atoms with van der Waals surface area (Å²) in [4.78, 5) is 33.4. The first kappa shape index (κ1) is 30.3. The zero-order chi connectivity index (χ0) is 22.6. The molecule has 0 saturated carbocycles. The van der Waals surface area contributed by atoms with E-state index in [1.165, 1.54) is 16.8 Å². The Balaban J connectivity index is 0.00000272. The zero-order valence-corrected chi connectivity index (χ0v) is 23.9. The molecule has 3 rings (SSSR count). The molecule has 0 aliphatic heterocycles. The summed E-state index contributed by atoms with van der Waals surface area (Å²) in [7, 11) is -5.07. The Morgan fingerprint density at radius 2 is 1.76 bits per heavy atom. The number of nitrogens with zero attached hydrogens (tertiary/aromatic N) is 1. The maximum atomic E-state index is 14.8. The fourth-order valence-corrected chi connectivity index (χ4v) is 3.40. The van der Waals surface area contributed by atoms with Crippen LogP contribution >= 0.6 is 7.82 Å². The molecule has 8 nitrogen and oxygen atoms in total. The molecule has 3 aromatic rings. The Morgan fingerprint density at radius 1 is 1.09 bits per heavy atom. The summed E-state index contributed by atoms with van der Waals surface area (Å²) >= 11 is 0. The van der Waals surface area contributed by atoms with E-state index in [0.29, 0.717) is 30.9 Å². The van der Waals surface area contributed by atoms with Crippen molar-refractivity contribution < 1.29 is 91.9 Å². The second-order valence-corrected chi connectivity index (χ2v) is 7.84. The van der Waals surface area contributed by atoms with E-state index in [-0.39, 0.29) is 81.3 Å². The minimum atomic E-state index is -5.07. The van der Waals surface area contributed by atoms with Gasteiger partial charge in [-0.1, -0.05) is 19.1 Å². The molecule has 33 heavy (non-hydrogen) atoms. The van der Waals surface area contributed by atoms with Gasteiger partial charge in [-0.3, -0.25) is 13.9 Å². The van der Waals surface area contributed by atoms with Crippen molar-refractivity contribution in [3.8, 4) is 22.6 Å². The number of hydrogen-bond donors (Lipinski definition) is 1. The van der Waals surface area contributed by atoms with E-state index in [9.17, 15) is 18.6 Å². The molecule has 0 spiro atoms. The van der Waals surface area contributed by atoms with Gasteiger partial charge in [-0.05, 0) is 43.2 Å². The SMILES string of the molecule is CCCOc1ccc(F)c2c(=O)c(-c3ccc(OCC)cc3)cn(COP(=O)([O-])O)c12.[Na+].[Na+]. The minimum absolute atomic E-state index is 0. The molecule has 1 N–H and O–H groups in total. The van der Waals surface area contributed by atoms with Gasteiger partial charge in [0.1, 0.15) is 24.0 Å². The van der Waals surface area contributed by atoms with Gasteiger partial charge in [-0.2, -0.15) is 0 Å². The molecule has 166 valence electrons. The van der Waals surface area contributed by atoms with E-state index >= 15 is 0 Å². The van der Waals surface area contributed by atoms with E-state index in [0.717, 1.165) is 6.07 Å². The second-order valence-electron chi connectivity index (χ2n) is 6.64. The first-order valence-electron chi connectivity index (χ1n) is 9.65. The number of halogens is 1. The summed E-state index contributed by atoms with van der Waals surface area (Å²) in [5, 5.41) is -0.276. The Morgan fingerprint density at radius 3 is 2.33 bits per heavy atom. The van der Waals surface area contributed by atoms with Gasteiger partial charge in [0.05, 0.1) is 24.1 Å². The first-order valence-corrected chi connectivity index (χ1v) is 11.1. The number of fused-ring (bicyclic) bond motifs is 1. The number of hydrogen-bond acceptors (Lipinski definition) is 6. The topological polar surface area (TPSA) is 110 Å². The third-order valence-corrected chi connectivity index (χ3v) is 4.87. The van der Waals surface area contributed by atoms with E-state index in [1.807, 2.05) is 13.8 Å². The Kier molecular flexibility index (Phi) is 12.3. The number of ether oxygens (including phenoxy) is 2. The summed E-state index contributed by atoms with van der Waals surface area (Å²) in [5.41, 5.74) is 0.0211. The number of pyridine rings is 1. The third-order valence-electron chi connectivity index (χ3n) is 4.43. The normalized spacial score (nSPS) is 12.4. The van der Waals surface area contributed by atoms with Crippen LogP contribution in [0, 0.1) is 5.82 Å². The predicted molar refractivity (Wildman–Crippen MR) is 111 cm³/mol. The fourth-order valence-electron chi connectivity index (χ4n) is 3.13. The van der Waals surface area contributed by atoms with Crippen molar-refractivity contribution in [2.45, 2.75) is 27.0 Å². The first-order chi connectivity index (χ1) is 14.7. The summed E-state index contributed by atoms with van der Waals surface area (Å²) in [6.45, 7) is 3.82. The minimum Gasteiger partial charge on any atom is -0.756 e. The van der Waals surface area contributed by atoms with E-state index in [2.05, 4.69) is 4.52 Å². The van der Waals surface area contributed by atoms with Crippen molar-refractivity contribution in [1.29, 1.82) is 0 Å². The number of rotatable bonds is 9. The van der Waals surface area contributed by atoms with E-state index in [4.69, 9.17) is 14.4 Å². The summed E-state index contributed by atoms with van der Waals surface area (Å²) in [6.07, 6.45) is 2.00. The molecule has 1 heterocycles. The summed E-state index contributed by atoms with van der Waals surface area (Å²) in [6, 6.07) is 9.08. The van der Waals surface area contributed by atoms with Crippen LogP contribution in [0.3, 0.4) is 0 Å². The average molecular weight is 496 g/mol. The maximum absolute atomic E-state index is 14.8. The van der Waals surface area contributed by atoms with E-state index < -0.39 is 25.8 Å². The van der Waals surface area contributed by atoms with Crippen LogP contribution in [0.15, 0.2) is 47.4 Å². The van der Waals surface area contributed by atoms with Crippen LogP contribution in [-0.2, 0) is 15.8 Å². The van der Waals surface area contributed by atoms with Crippen molar-refractivity contribution in [2.24, 2.45) is 0 Å². The molecular formula is C21H22FNNa2O7P+. The number of aromatic nitrogens is 1. The van der Waals surface area contributed by atoms with Crippen LogP contribution in [0.1, 0.15) is 20.3 Å². The molecule has 1 unspecified atom stereocenters. The monoisotopic (exact) mass is 496 g/mol. The number of benzene rings is 2. The maximum Gasteiger partial charge on any atom is 1.00 e. The van der Waals surface area contributed by atoms with Gasteiger partial charge in [-0.25, -0.2) is 4.39 Å². The molecule has 1 atom stereocenters. The smallest absolute Gasteiger partial charge is 0.756 e. The molecule has 1 aromatic heterocycles. The Hall–Kier alpha value is -0.710. The van der Waals surface area contributed by atoms with Gasteiger partial charge >= 0.3 is 59.1 Å². The van der Waals surface area contributed by atoms with Crippen LogP contribution < -0.4 is 78.9 Å². The zero-order valence-electron chi connectivity index (χ0n) is 19.0. The molecule has 0 radical (unpaired) electrons. The third kappa shape index (κ3) is 7.64. The largest absolute Gasteiger partial charge is 1.00 e. The van der Waals surface area contributed by atoms with Crippen molar-refractivity contribution in [2.75, 3.05) is 13.2 Å². The van der Waals surface area contributed by atoms with Crippen LogP contribution in [0.4, 0.5) is 4.39 Å². The molecule has 0 aliphatic carbocycles. The predicted octanol–water partition coefficient (Wildman–Crippen LogP) is -2.56.